The zero-order chi connectivity index (χ0) is 20.6. The molecule has 0 spiro atoms. The third-order valence-electron chi connectivity index (χ3n) is 4.48. The van der Waals surface area contributed by atoms with Crippen LogP contribution in [0.1, 0.15) is 5.56 Å². The van der Waals surface area contributed by atoms with Crippen LogP contribution in [0.3, 0.4) is 0 Å². The molecule has 1 aliphatic heterocycles. The minimum atomic E-state index is -4.68. The van der Waals surface area contributed by atoms with E-state index in [1.54, 1.807) is 16.8 Å². The molecular weight excluding hydrogens is 385 g/mol. The van der Waals surface area contributed by atoms with E-state index in [2.05, 4.69) is 4.98 Å². The summed E-state index contributed by atoms with van der Waals surface area (Å²) in [5, 5.41) is 22.4. The number of nitro groups is 2. The Morgan fingerprint density at radius 3 is 2.18 bits per heavy atom. The molecule has 1 saturated heterocycles. The fraction of sp³-hybridized carbons (Fsp3) is 0.400. The van der Waals surface area contributed by atoms with Crippen molar-refractivity contribution < 1.29 is 23.0 Å². The molecule has 150 valence electrons. The van der Waals surface area contributed by atoms with E-state index in [0.29, 0.717) is 25.0 Å². The minimum absolute atomic E-state index is 0.0807. The van der Waals surface area contributed by atoms with Crippen LogP contribution in [0.4, 0.5) is 36.2 Å². The lowest BCUT2D eigenvalue weighted by Crippen LogP contribution is -2.47. The van der Waals surface area contributed by atoms with Gasteiger partial charge in [-0.25, -0.2) is 0 Å². The summed E-state index contributed by atoms with van der Waals surface area (Å²) in [7, 11) is 1.61. The van der Waals surface area contributed by atoms with E-state index >= 15 is 0 Å². The van der Waals surface area contributed by atoms with Gasteiger partial charge < -0.3 is 19.9 Å². The Morgan fingerprint density at radius 2 is 1.64 bits per heavy atom. The number of aryl methyl sites for hydroxylation is 1. The van der Waals surface area contributed by atoms with Crippen LogP contribution in [0.15, 0.2) is 24.5 Å². The molecule has 0 bridgehead atoms. The zero-order valence-corrected chi connectivity index (χ0v) is 14.6. The Bertz CT molecular complexity index is 921. The van der Waals surface area contributed by atoms with Gasteiger partial charge in [0.1, 0.15) is 5.69 Å². The van der Waals surface area contributed by atoms with Crippen molar-refractivity contribution in [2.75, 3.05) is 36.0 Å². The predicted molar refractivity (Wildman–Crippen MR) is 92.4 cm³/mol. The Hall–Kier alpha value is -3.38. The predicted octanol–water partition coefficient (Wildman–Crippen LogP) is 2.58. The first-order valence-corrected chi connectivity index (χ1v) is 8.11. The molecule has 10 nitrogen and oxygen atoms in total. The highest BCUT2D eigenvalue weighted by atomic mass is 19.4. The number of halogens is 3. The molecule has 28 heavy (non-hydrogen) atoms. The van der Waals surface area contributed by atoms with Crippen LogP contribution in [0.25, 0.3) is 0 Å². The van der Waals surface area contributed by atoms with Gasteiger partial charge in [0.15, 0.2) is 0 Å². The van der Waals surface area contributed by atoms with Gasteiger partial charge in [0.25, 0.3) is 5.69 Å². The molecule has 13 heteroatoms. The lowest BCUT2D eigenvalue weighted by Gasteiger charge is -2.36. The molecule has 1 aliphatic rings. The van der Waals surface area contributed by atoms with Gasteiger partial charge in [-0.15, -0.1) is 0 Å². The SMILES string of the molecule is Cn1cnc([N+](=O)[O-])c1N1CCN(c2ccc(C(F)(F)F)cc2[N+](=O)[O-])CC1. The summed E-state index contributed by atoms with van der Waals surface area (Å²) in [6.45, 7) is 1.07. The lowest BCUT2D eigenvalue weighted by atomic mass is 10.1. The maximum Gasteiger partial charge on any atom is 0.416 e. The number of anilines is 2. The third kappa shape index (κ3) is 3.54. The van der Waals surface area contributed by atoms with Crippen molar-refractivity contribution in [2.45, 2.75) is 6.18 Å². The van der Waals surface area contributed by atoms with E-state index < -0.39 is 27.3 Å². The number of rotatable bonds is 4. The van der Waals surface area contributed by atoms with Gasteiger partial charge in [-0.1, -0.05) is 0 Å². The number of benzene rings is 1. The highest BCUT2D eigenvalue weighted by Gasteiger charge is 2.35. The van der Waals surface area contributed by atoms with E-state index in [1.807, 2.05) is 0 Å². The number of nitrogens with zero attached hydrogens (tertiary/aromatic N) is 6. The molecule has 0 radical (unpaired) electrons. The molecule has 0 aliphatic carbocycles. The summed E-state index contributed by atoms with van der Waals surface area (Å²) < 4.78 is 40.1. The molecule has 2 heterocycles. The Balaban J connectivity index is 1.83. The Morgan fingerprint density at radius 1 is 1.04 bits per heavy atom. The average molecular weight is 400 g/mol. The molecule has 0 saturated carbocycles. The number of imidazole rings is 1. The fourth-order valence-electron chi connectivity index (χ4n) is 3.18. The molecule has 1 fully saturated rings. The van der Waals surface area contributed by atoms with E-state index in [-0.39, 0.29) is 24.6 Å². The van der Waals surface area contributed by atoms with Gasteiger partial charge in [-0.3, -0.25) is 14.7 Å². The summed E-state index contributed by atoms with van der Waals surface area (Å²) in [6.07, 6.45) is -3.36. The van der Waals surface area contributed by atoms with E-state index in [9.17, 15) is 33.4 Å². The first kappa shape index (κ1) is 19.4. The number of hydrogen-bond acceptors (Lipinski definition) is 7. The van der Waals surface area contributed by atoms with Crippen molar-refractivity contribution in [1.82, 2.24) is 9.55 Å². The maximum absolute atomic E-state index is 12.8. The summed E-state index contributed by atoms with van der Waals surface area (Å²) >= 11 is 0. The van der Waals surface area contributed by atoms with Gasteiger partial charge in [0.2, 0.25) is 12.1 Å². The molecule has 0 N–H and O–H groups in total. The van der Waals surface area contributed by atoms with Crippen molar-refractivity contribution >= 4 is 23.0 Å². The first-order valence-electron chi connectivity index (χ1n) is 8.11. The maximum atomic E-state index is 12.8. The normalized spacial score (nSPS) is 15.0. The van der Waals surface area contributed by atoms with Crippen LogP contribution >= 0.6 is 0 Å². The summed E-state index contributed by atoms with van der Waals surface area (Å²) in [5.74, 6) is 0.0167. The highest BCUT2D eigenvalue weighted by molar-refractivity contribution is 5.66. The molecule has 1 aromatic carbocycles. The molecule has 1 aromatic heterocycles. The van der Waals surface area contributed by atoms with Crippen molar-refractivity contribution in [3.8, 4) is 0 Å². The van der Waals surface area contributed by atoms with Crippen LogP contribution in [-0.4, -0.2) is 45.6 Å². The highest BCUT2D eigenvalue weighted by Crippen LogP contribution is 2.37. The second-order valence-corrected chi connectivity index (χ2v) is 6.19. The van der Waals surface area contributed by atoms with Crippen LogP contribution in [0.2, 0.25) is 0 Å². The van der Waals surface area contributed by atoms with Crippen molar-refractivity contribution in [2.24, 2.45) is 7.05 Å². The summed E-state index contributed by atoms with van der Waals surface area (Å²) in [6, 6.07) is 2.41. The van der Waals surface area contributed by atoms with Crippen molar-refractivity contribution in [3.63, 3.8) is 0 Å². The van der Waals surface area contributed by atoms with Gasteiger partial charge in [0.05, 0.1) is 10.5 Å². The van der Waals surface area contributed by atoms with Crippen LogP contribution < -0.4 is 9.80 Å². The number of nitro benzene ring substituents is 1. The van der Waals surface area contributed by atoms with Crippen molar-refractivity contribution in [3.05, 3.63) is 50.3 Å². The van der Waals surface area contributed by atoms with Gasteiger partial charge in [-0.05, 0) is 22.0 Å². The monoisotopic (exact) mass is 400 g/mol. The van der Waals surface area contributed by atoms with E-state index in [0.717, 1.165) is 12.1 Å². The topological polar surface area (TPSA) is 111 Å². The second kappa shape index (κ2) is 6.98. The number of aromatic nitrogens is 2. The Kier molecular flexibility index (Phi) is 4.83. The quantitative estimate of drug-likeness (QED) is 0.573. The third-order valence-corrected chi connectivity index (χ3v) is 4.48. The smallest absolute Gasteiger partial charge is 0.362 e. The molecule has 0 unspecified atom stereocenters. The van der Waals surface area contributed by atoms with Crippen LogP contribution in [0.5, 0.6) is 0 Å². The van der Waals surface area contributed by atoms with Gasteiger partial charge in [-0.2, -0.15) is 13.2 Å². The van der Waals surface area contributed by atoms with Crippen LogP contribution in [0, 0.1) is 20.2 Å². The zero-order valence-electron chi connectivity index (χ0n) is 14.6. The summed E-state index contributed by atoms with van der Waals surface area (Å²) in [5.41, 5.74) is -1.64. The lowest BCUT2D eigenvalue weighted by molar-refractivity contribution is -0.388. The Labute approximate surface area is 156 Å². The molecule has 2 aromatic rings. The number of hydrogen-bond donors (Lipinski definition) is 0. The summed E-state index contributed by atoms with van der Waals surface area (Å²) in [4.78, 5) is 28.0. The standard InChI is InChI=1S/C15H15F3N6O4/c1-20-9-19-13(24(27)28)14(20)22-6-4-21(5-7-22)11-3-2-10(15(16,17)18)8-12(11)23(25)26/h2-3,8-9H,4-7H2,1H3. The minimum Gasteiger partial charge on any atom is -0.362 e. The molecule has 0 amide bonds. The number of piperazine rings is 1. The number of alkyl halides is 3. The van der Waals surface area contributed by atoms with E-state index in [4.69, 9.17) is 0 Å². The van der Waals surface area contributed by atoms with E-state index in [1.165, 1.54) is 10.9 Å². The average Bonchev–Trinajstić information content (AvgIpc) is 3.02. The first-order chi connectivity index (χ1) is 13.1. The molecular formula is C15H15F3N6O4. The van der Waals surface area contributed by atoms with Crippen molar-refractivity contribution in [1.29, 1.82) is 0 Å². The second-order valence-electron chi connectivity index (χ2n) is 6.19. The van der Waals surface area contributed by atoms with Gasteiger partial charge >= 0.3 is 12.0 Å². The largest absolute Gasteiger partial charge is 0.416 e. The molecule has 3 rings (SSSR count). The van der Waals surface area contributed by atoms with Gasteiger partial charge in [0, 0.05) is 39.3 Å². The fourth-order valence-corrected chi connectivity index (χ4v) is 3.18. The molecule has 0 atom stereocenters. The van der Waals surface area contributed by atoms with Crippen LogP contribution in [-0.2, 0) is 13.2 Å².